The number of carbonyl (C=O) groups is 2. The molecule has 9 heteroatoms. The Morgan fingerprint density at radius 1 is 1.17 bits per heavy atom. The van der Waals surface area contributed by atoms with Crippen LogP contribution >= 0.6 is 35.1 Å². The number of thiophene rings is 1. The molecule has 1 fully saturated rings. The minimum absolute atomic E-state index is 0. The van der Waals surface area contributed by atoms with Gasteiger partial charge < -0.3 is 15.5 Å². The smallest absolute Gasteiger partial charge is 0.273 e. The number of thiazole rings is 1. The Bertz CT molecular complexity index is 723. The Morgan fingerprint density at radius 3 is 2.29 bits per heavy atom. The molecule has 130 valence electrons. The summed E-state index contributed by atoms with van der Waals surface area (Å²) in [5, 5.41) is 2.51. The molecule has 0 aliphatic carbocycles. The van der Waals surface area contributed by atoms with Gasteiger partial charge in [-0.2, -0.15) is 0 Å². The van der Waals surface area contributed by atoms with Crippen molar-refractivity contribution < 1.29 is 9.59 Å². The third-order valence-corrected chi connectivity index (χ3v) is 5.61. The maximum atomic E-state index is 12.4. The van der Waals surface area contributed by atoms with Gasteiger partial charge in [0.2, 0.25) is 0 Å². The highest BCUT2D eigenvalue weighted by atomic mass is 35.5. The fourth-order valence-corrected chi connectivity index (χ4v) is 3.97. The lowest BCUT2D eigenvalue weighted by Gasteiger charge is -2.34. The molecular weight excluding hydrogens is 368 g/mol. The molecule has 24 heavy (non-hydrogen) atoms. The quantitative estimate of drug-likeness (QED) is 0.874. The highest BCUT2D eigenvalue weighted by molar-refractivity contribution is 7.13. The van der Waals surface area contributed by atoms with Crippen LogP contribution in [0, 0.1) is 6.92 Å². The molecule has 2 N–H and O–H groups in total. The Morgan fingerprint density at radius 2 is 1.79 bits per heavy atom. The number of hydrogen-bond donors (Lipinski definition) is 1. The SMILES string of the molecule is Cc1ccc(C(=O)N2CCN(C(=O)c3csc(CN)n3)CC2)s1.Cl. The number of carbonyl (C=O) groups excluding carboxylic acids is 2. The Kier molecular flexibility index (Phi) is 6.34. The zero-order chi connectivity index (χ0) is 16.4. The van der Waals surface area contributed by atoms with Gasteiger partial charge >= 0.3 is 0 Å². The average molecular weight is 387 g/mol. The van der Waals surface area contributed by atoms with E-state index in [9.17, 15) is 9.59 Å². The van der Waals surface area contributed by atoms with Crippen LogP contribution in [-0.4, -0.2) is 52.8 Å². The fraction of sp³-hybridized carbons (Fsp3) is 0.400. The number of nitrogens with zero attached hydrogens (tertiary/aromatic N) is 3. The number of amides is 2. The van der Waals surface area contributed by atoms with Crippen LogP contribution in [0.4, 0.5) is 0 Å². The van der Waals surface area contributed by atoms with Gasteiger partial charge in [-0.1, -0.05) is 0 Å². The largest absolute Gasteiger partial charge is 0.334 e. The van der Waals surface area contributed by atoms with Crippen molar-refractivity contribution in [3.05, 3.63) is 38.0 Å². The Balaban J connectivity index is 0.00000208. The van der Waals surface area contributed by atoms with Gasteiger partial charge in [0.15, 0.2) is 0 Å². The van der Waals surface area contributed by atoms with E-state index in [-0.39, 0.29) is 24.2 Å². The third kappa shape index (κ3) is 3.94. The lowest BCUT2D eigenvalue weighted by molar-refractivity contribution is 0.0535. The zero-order valence-electron chi connectivity index (χ0n) is 13.2. The average Bonchev–Trinajstić information content (AvgIpc) is 3.22. The maximum Gasteiger partial charge on any atom is 0.273 e. The van der Waals surface area contributed by atoms with Gasteiger partial charge in [0, 0.05) is 43.0 Å². The van der Waals surface area contributed by atoms with Crippen LogP contribution < -0.4 is 5.73 Å². The lowest BCUT2D eigenvalue weighted by atomic mass is 10.2. The van der Waals surface area contributed by atoms with E-state index in [1.54, 1.807) is 15.2 Å². The number of piperazine rings is 1. The van der Waals surface area contributed by atoms with Gasteiger partial charge in [-0.3, -0.25) is 9.59 Å². The van der Waals surface area contributed by atoms with Gasteiger partial charge in [-0.25, -0.2) is 4.98 Å². The second-order valence-corrected chi connectivity index (χ2v) is 7.56. The summed E-state index contributed by atoms with van der Waals surface area (Å²) >= 11 is 2.91. The predicted octanol–water partition coefficient (Wildman–Crippen LogP) is 1.99. The number of nitrogens with two attached hydrogens (primary N) is 1. The van der Waals surface area contributed by atoms with E-state index in [2.05, 4.69) is 4.98 Å². The molecule has 1 aliphatic rings. The summed E-state index contributed by atoms with van der Waals surface area (Å²) in [5.41, 5.74) is 5.98. The minimum atomic E-state index is -0.0833. The first kappa shape index (κ1) is 18.9. The number of halogens is 1. The summed E-state index contributed by atoms with van der Waals surface area (Å²) in [5.74, 6) is -0.0331. The van der Waals surface area contributed by atoms with Crippen LogP contribution in [0.15, 0.2) is 17.5 Å². The van der Waals surface area contributed by atoms with Crippen molar-refractivity contribution in [3.63, 3.8) is 0 Å². The van der Waals surface area contributed by atoms with Gasteiger partial charge in [0.05, 0.1) is 4.88 Å². The minimum Gasteiger partial charge on any atom is -0.334 e. The van der Waals surface area contributed by atoms with E-state index in [0.29, 0.717) is 38.4 Å². The van der Waals surface area contributed by atoms with E-state index in [1.165, 1.54) is 22.7 Å². The summed E-state index contributed by atoms with van der Waals surface area (Å²) in [6, 6.07) is 3.82. The molecule has 0 bridgehead atoms. The van der Waals surface area contributed by atoms with Gasteiger partial charge in [0.25, 0.3) is 11.8 Å². The molecule has 0 unspecified atom stereocenters. The predicted molar refractivity (Wildman–Crippen MR) is 98.1 cm³/mol. The van der Waals surface area contributed by atoms with Crippen molar-refractivity contribution in [2.45, 2.75) is 13.5 Å². The summed E-state index contributed by atoms with van der Waals surface area (Å²) in [6.07, 6.45) is 0. The first-order valence-electron chi connectivity index (χ1n) is 7.38. The second kappa shape index (κ2) is 8.06. The number of hydrogen-bond acceptors (Lipinski definition) is 6. The van der Waals surface area contributed by atoms with Gasteiger partial charge in [-0.05, 0) is 19.1 Å². The monoisotopic (exact) mass is 386 g/mol. The molecule has 3 heterocycles. The second-order valence-electron chi connectivity index (χ2n) is 5.33. The summed E-state index contributed by atoms with van der Waals surface area (Å²) in [6.45, 7) is 4.50. The molecule has 0 atom stereocenters. The zero-order valence-corrected chi connectivity index (χ0v) is 15.7. The summed E-state index contributed by atoms with van der Waals surface area (Å²) in [4.78, 5) is 34.5. The molecule has 3 rings (SSSR count). The molecule has 2 aromatic heterocycles. The Labute approximate surface area is 154 Å². The number of rotatable bonds is 3. The normalized spacial score (nSPS) is 14.4. The van der Waals surface area contributed by atoms with Crippen LogP contribution in [0.5, 0.6) is 0 Å². The summed E-state index contributed by atoms with van der Waals surface area (Å²) < 4.78 is 0. The maximum absolute atomic E-state index is 12.4. The van der Waals surface area contributed by atoms with E-state index < -0.39 is 0 Å². The van der Waals surface area contributed by atoms with Crippen LogP contribution in [0.3, 0.4) is 0 Å². The molecule has 2 amide bonds. The first-order chi connectivity index (χ1) is 11.1. The van der Waals surface area contributed by atoms with Crippen molar-refractivity contribution in [2.75, 3.05) is 26.2 Å². The van der Waals surface area contributed by atoms with Crippen molar-refractivity contribution in [2.24, 2.45) is 5.73 Å². The molecule has 0 radical (unpaired) electrons. The standard InChI is InChI=1S/C15H18N4O2S2.ClH/c1-10-2-3-12(23-10)15(21)19-6-4-18(5-7-19)14(20)11-9-22-13(8-16)17-11;/h2-3,9H,4-8,16H2,1H3;1H. The van der Waals surface area contributed by atoms with Crippen LogP contribution in [0.2, 0.25) is 0 Å². The van der Waals surface area contributed by atoms with E-state index >= 15 is 0 Å². The molecule has 0 aromatic carbocycles. The van der Waals surface area contributed by atoms with E-state index in [1.807, 2.05) is 19.1 Å². The molecular formula is C15H19ClN4O2S2. The number of aromatic nitrogens is 1. The van der Waals surface area contributed by atoms with Crippen molar-refractivity contribution in [1.29, 1.82) is 0 Å². The van der Waals surface area contributed by atoms with Crippen LogP contribution in [-0.2, 0) is 6.54 Å². The topological polar surface area (TPSA) is 79.5 Å². The van der Waals surface area contributed by atoms with Gasteiger partial charge in [0.1, 0.15) is 10.7 Å². The molecule has 1 aliphatic heterocycles. The first-order valence-corrected chi connectivity index (χ1v) is 9.07. The van der Waals surface area contributed by atoms with Gasteiger partial charge in [-0.15, -0.1) is 35.1 Å². The van der Waals surface area contributed by atoms with Crippen molar-refractivity contribution in [1.82, 2.24) is 14.8 Å². The Hall–Kier alpha value is -1.48. The lowest BCUT2D eigenvalue weighted by Crippen LogP contribution is -2.50. The molecule has 1 saturated heterocycles. The van der Waals surface area contributed by atoms with E-state index in [4.69, 9.17) is 5.73 Å². The molecule has 0 spiro atoms. The third-order valence-electron chi connectivity index (χ3n) is 3.75. The van der Waals surface area contributed by atoms with Crippen LogP contribution in [0.1, 0.15) is 30.0 Å². The molecule has 2 aromatic rings. The van der Waals surface area contributed by atoms with E-state index in [0.717, 1.165) is 14.8 Å². The van der Waals surface area contributed by atoms with Crippen LogP contribution in [0.25, 0.3) is 0 Å². The van der Waals surface area contributed by atoms with Crippen molar-refractivity contribution in [3.8, 4) is 0 Å². The fourth-order valence-electron chi connectivity index (χ4n) is 2.48. The number of aryl methyl sites for hydroxylation is 1. The van der Waals surface area contributed by atoms with Crippen molar-refractivity contribution >= 4 is 46.9 Å². The highest BCUT2D eigenvalue weighted by Crippen LogP contribution is 2.19. The molecule has 0 saturated carbocycles. The molecule has 6 nitrogen and oxygen atoms in total. The summed E-state index contributed by atoms with van der Waals surface area (Å²) in [7, 11) is 0. The highest BCUT2D eigenvalue weighted by Gasteiger charge is 2.27.